The van der Waals surface area contributed by atoms with Crippen LogP contribution in [0.1, 0.15) is 12.2 Å². The van der Waals surface area contributed by atoms with Crippen LogP contribution in [0.5, 0.6) is 0 Å². The summed E-state index contributed by atoms with van der Waals surface area (Å²) in [4.78, 5) is 14.8. The van der Waals surface area contributed by atoms with E-state index in [-0.39, 0.29) is 18.1 Å². The zero-order valence-corrected chi connectivity index (χ0v) is 11.0. The van der Waals surface area contributed by atoms with Crippen LogP contribution in [0.4, 0.5) is 0 Å². The molecule has 7 nitrogen and oxygen atoms in total. The standard InChI is InChI=1S/C10H15N3O4S/c1-7-11-9(6-12(7)2)18(16,17)13-4-3-8(5-13)10(14)15/h6,8H,3-5H2,1-2H3,(H,14,15)/t8-/m0/s1. The summed E-state index contributed by atoms with van der Waals surface area (Å²) in [5.41, 5.74) is 0. The number of imidazole rings is 1. The van der Waals surface area contributed by atoms with Crippen LogP contribution in [-0.4, -0.2) is 46.4 Å². The topological polar surface area (TPSA) is 92.5 Å². The zero-order chi connectivity index (χ0) is 13.5. The van der Waals surface area contributed by atoms with E-state index in [1.54, 1.807) is 18.5 Å². The van der Waals surface area contributed by atoms with Crippen LogP contribution in [0, 0.1) is 12.8 Å². The molecule has 100 valence electrons. The molecule has 0 aromatic carbocycles. The average Bonchev–Trinajstić information content (AvgIpc) is 2.87. The summed E-state index contributed by atoms with van der Waals surface area (Å²) in [5, 5.41) is 8.85. The van der Waals surface area contributed by atoms with Crippen LogP contribution >= 0.6 is 0 Å². The number of carboxylic acids is 1. The maximum atomic E-state index is 12.2. The molecule has 0 amide bonds. The summed E-state index contributed by atoms with van der Waals surface area (Å²) >= 11 is 0. The zero-order valence-electron chi connectivity index (χ0n) is 10.2. The minimum Gasteiger partial charge on any atom is -0.481 e. The number of rotatable bonds is 3. The number of aromatic nitrogens is 2. The van der Waals surface area contributed by atoms with Gasteiger partial charge in [0.15, 0.2) is 5.03 Å². The van der Waals surface area contributed by atoms with Crippen LogP contribution in [0.2, 0.25) is 0 Å². The van der Waals surface area contributed by atoms with E-state index in [1.165, 1.54) is 10.5 Å². The first-order chi connectivity index (χ1) is 8.32. The molecule has 1 aliphatic heterocycles. The van der Waals surface area contributed by atoms with Crippen molar-refractivity contribution in [3.63, 3.8) is 0 Å². The van der Waals surface area contributed by atoms with E-state index >= 15 is 0 Å². The fraction of sp³-hybridized carbons (Fsp3) is 0.600. The molecule has 1 aliphatic rings. The first kappa shape index (κ1) is 13.0. The maximum Gasteiger partial charge on any atom is 0.307 e. The van der Waals surface area contributed by atoms with Crippen molar-refractivity contribution in [2.24, 2.45) is 13.0 Å². The number of hydrogen-bond acceptors (Lipinski definition) is 4. The molecule has 2 heterocycles. The Morgan fingerprint density at radius 2 is 2.22 bits per heavy atom. The lowest BCUT2D eigenvalue weighted by Gasteiger charge is -2.13. The van der Waals surface area contributed by atoms with Crippen LogP contribution in [-0.2, 0) is 21.9 Å². The lowest BCUT2D eigenvalue weighted by atomic mass is 10.1. The molecular formula is C10H15N3O4S. The summed E-state index contributed by atoms with van der Waals surface area (Å²) in [6.45, 7) is 1.96. The molecule has 2 rings (SSSR count). The van der Waals surface area contributed by atoms with Crippen molar-refractivity contribution in [1.82, 2.24) is 13.9 Å². The second-order valence-electron chi connectivity index (χ2n) is 4.42. The van der Waals surface area contributed by atoms with Gasteiger partial charge < -0.3 is 9.67 Å². The van der Waals surface area contributed by atoms with Gasteiger partial charge in [-0.15, -0.1) is 0 Å². The van der Waals surface area contributed by atoms with Crippen molar-refractivity contribution in [2.45, 2.75) is 18.4 Å². The Hall–Kier alpha value is -1.41. The minimum absolute atomic E-state index is 0.0199. The Morgan fingerprint density at radius 1 is 1.56 bits per heavy atom. The van der Waals surface area contributed by atoms with E-state index in [2.05, 4.69) is 4.98 Å². The summed E-state index contributed by atoms with van der Waals surface area (Å²) in [6, 6.07) is 0. The predicted octanol–water partition coefficient (Wildman–Crippen LogP) is -0.176. The Balaban J connectivity index is 2.25. The highest BCUT2D eigenvalue weighted by Gasteiger charge is 2.36. The largest absolute Gasteiger partial charge is 0.481 e. The third-order valence-electron chi connectivity index (χ3n) is 3.19. The molecule has 0 unspecified atom stereocenters. The molecule has 0 spiro atoms. The maximum absolute atomic E-state index is 12.2. The first-order valence-corrected chi connectivity index (χ1v) is 6.99. The summed E-state index contributed by atoms with van der Waals surface area (Å²) in [7, 11) is -1.96. The first-order valence-electron chi connectivity index (χ1n) is 5.55. The summed E-state index contributed by atoms with van der Waals surface area (Å²) in [5.74, 6) is -0.975. The fourth-order valence-electron chi connectivity index (χ4n) is 1.93. The van der Waals surface area contributed by atoms with Crippen LogP contribution in [0.3, 0.4) is 0 Å². The molecule has 0 aliphatic carbocycles. The van der Waals surface area contributed by atoms with Gasteiger partial charge in [0.05, 0.1) is 5.92 Å². The van der Waals surface area contributed by atoms with Crippen molar-refractivity contribution in [3.05, 3.63) is 12.0 Å². The van der Waals surface area contributed by atoms with Crippen molar-refractivity contribution in [1.29, 1.82) is 0 Å². The molecule has 0 saturated carbocycles. The third-order valence-corrected chi connectivity index (χ3v) is 4.93. The molecule has 1 N–H and O–H groups in total. The number of sulfonamides is 1. The molecule has 1 fully saturated rings. The lowest BCUT2D eigenvalue weighted by molar-refractivity contribution is -0.141. The lowest BCUT2D eigenvalue weighted by Crippen LogP contribution is -2.30. The number of carboxylic acid groups (broad SMARTS) is 1. The highest BCUT2D eigenvalue weighted by Crippen LogP contribution is 2.23. The molecule has 8 heteroatoms. The molecule has 1 aromatic heterocycles. The van der Waals surface area contributed by atoms with E-state index in [4.69, 9.17) is 5.11 Å². The second-order valence-corrected chi connectivity index (χ2v) is 6.31. The Morgan fingerprint density at radius 3 is 2.67 bits per heavy atom. The quantitative estimate of drug-likeness (QED) is 0.825. The van der Waals surface area contributed by atoms with Crippen LogP contribution in [0.15, 0.2) is 11.2 Å². The average molecular weight is 273 g/mol. The van der Waals surface area contributed by atoms with Crippen LogP contribution in [0.25, 0.3) is 0 Å². The number of nitrogens with zero attached hydrogens (tertiary/aromatic N) is 3. The van der Waals surface area contributed by atoms with Gasteiger partial charge in [0, 0.05) is 26.3 Å². The minimum atomic E-state index is -3.67. The van der Waals surface area contributed by atoms with E-state index in [9.17, 15) is 13.2 Å². The highest BCUT2D eigenvalue weighted by atomic mass is 32.2. The van der Waals surface area contributed by atoms with Gasteiger partial charge in [-0.05, 0) is 13.3 Å². The molecule has 0 bridgehead atoms. The Labute approximate surface area is 105 Å². The Kier molecular flexibility index (Phi) is 3.16. The van der Waals surface area contributed by atoms with Gasteiger partial charge in [0.25, 0.3) is 10.0 Å². The van der Waals surface area contributed by atoms with Crippen molar-refractivity contribution in [2.75, 3.05) is 13.1 Å². The van der Waals surface area contributed by atoms with Crippen LogP contribution < -0.4 is 0 Å². The van der Waals surface area contributed by atoms with E-state index in [1.807, 2.05) is 0 Å². The SMILES string of the molecule is Cc1nc(S(=O)(=O)N2CC[C@H](C(=O)O)C2)cn1C. The van der Waals surface area contributed by atoms with Gasteiger partial charge in [0.2, 0.25) is 0 Å². The second kappa shape index (κ2) is 4.36. The van der Waals surface area contributed by atoms with Gasteiger partial charge in [-0.25, -0.2) is 13.4 Å². The molecule has 0 radical (unpaired) electrons. The molecule has 1 aromatic rings. The van der Waals surface area contributed by atoms with E-state index in [0.29, 0.717) is 12.2 Å². The molecule has 1 atom stereocenters. The van der Waals surface area contributed by atoms with Crippen molar-refractivity contribution in [3.8, 4) is 0 Å². The Bertz CT molecular complexity index is 558. The van der Waals surface area contributed by atoms with E-state index in [0.717, 1.165) is 0 Å². The number of hydrogen-bond donors (Lipinski definition) is 1. The van der Waals surface area contributed by atoms with Gasteiger partial charge in [-0.1, -0.05) is 0 Å². The summed E-state index contributed by atoms with van der Waals surface area (Å²) in [6.07, 6.45) is 1.79. The summed E-state index contributed by atoms with van der Waals surface area (Å²) < 4.78 is 27.3. The predicted molar refractivity (Wildman–Crippen MR) is 62.4 cm³/mol. The normalized spacial score (nSPS) is 21.3. The number of aryl methyl sites for hydroxylation is 2. The molecular weight excluding hydrogens is 258 g/mol. The monoisotopic (exact) mass is 273 g/mol. The third kappa shape index (κ3) is 2.13. The number of aliphatic carboxylic acids is 1. The van der Waals surface area contributed by atoms with Crippen molar-refractivity contribution < 1.29 is 18.3 Å². The van der Waals surface area contributed by atoms with Gasteiger partial charge in [0.1, 0.15) is 5.82 Å². The number of carbonyl (C=O) groups is 1. The van der Waals surface area contributed by atoms with Crippen molar-refractivity contribution >= 4 is 16.0 Å². The smallest absolute Gasteiger partial charge is 0.307 e. The molecule has 1 saturated heterocycles. The van der Waals surface area contributed by atoms with Gasteiger partial charge >= 0.3 is 5.97 Å². The van der Waals surface area contributed by atoms with E-state index < -0.39 is 21.9 Å². The molecule has 18 heavy (non-hydrogen) atoms. The van der Waals surface area contributed by atoms with Gasteiger partial charge in [-0.3, -0.25) is 4.79 Å². The van der Waals surface area contributed by atoms with Gasteiger partial charge in [-0.2, -0.15) is 4.31 Å². The fourth-order valence-corrected chi connectivity index (χ4v) is 3.46. The highest BCUT2D eigenvalue weighted by molar-refractivity contribution is 7.89.